The predicted molar refractivity (Wildman–Crippen MR) is 142 cm³/mol. The van der Waals surface area contributed by atoms with Crippen LogP contribution in [-0.2, 0) is 9.84 Å². The van der Waals surface area contributed by atoms with Gasteiger partial charge >= 0.3 is 0 Å². The molecule has 36 heavy (non-hydrogen) atoms. The molecule has 182 valence electrons. The molecular weight excluding hydrogens is 564 g/mol. The van der Waals surface area contributed by atoms with E-state index < -0.39 is 15.7 Å². The van der Waals surface area contributed by atoms with Gasteiger partial charge in [0.15, 0.2) is 5.76 Å². The van der Waals surface area contributed by atoms with Crippen LogP contribution in [0.15, 0.2) is 110 Å². The first kappa shape index (κ1) is 24.4. The molecule has 1 unspecified atom stereocenters. The maximum atomic E-state index is 13.0. The molecule has 0 radical (unpaired) electrons. The Kier molecular flexibility index (Phi) is 6.75. The number of amides is 1. The largest absolute Gasteiger partial charge is 0.439 e. The summed E-state index contributed by atoms with van der Waals surface area (Å²) in [7, 11) is -3.92. The molecule has 0 fully saturated rings. The smallest absolute Gasteiger partial charge is 0.287 e. The number of furan rings is 1. The molecule has 2 heterocycles. The van der Waals surface area contributed by atoms with Crippen molar-refractivity contribution in [1.82, 2.24) is 10.3 Å². The third-order valence-electron chi connectivity index (χ3n) is 5.93. The molecule has 0 saturated heterocycles. The van der Waals surface area contributed by atoms with E-state index in [4.69, 9.17) is 16.0 Å². The van der Waals surface area contributed by atoms with Crippen LogP contribution in [0.25, 0.3) is 10.9 Å². The molecule has 5 rings (SSSR count). The summed E-state index contributed by atoms with van der Waals surface area (Å²) >= 11 is 9.33. The highest BCUT2D eigenvalue weighted by Gasteiger charge is 2.25. The third-order valence-corrected chi connectivity index (χ3v) is 8.35. The van der Waals surface area contributed by atoms with Gasteiger partial charge in [-0.05, 0) is 65.7 Å². The van der Waals surface area contributed by atoms with Gasteiger partial charge in [0, 0.05) is 39.1 Å². The first-order valence-electron chi connectivity index (χ1n) is 11.0. The second-order valence-corrected chi connectivity index (χ2v) is 11.4. The zero-order chi connectivity index (χ0) is 25.3. The predicted octanol–water partition coefficient (Wildman–Crippen LogP) is 6.57. The maximum absolute atomic E-state index is 13.0. The average molecular weight is 584 g/mol. The van der Waals surface area contributed by atoms with Gasteiger partial charge in [-0.1, -0.05) is 57.9 Å². The van der Waals surface area contributed by atoms with Crippen LogP contribution in [0.4, 0.5) is 0 Å². The summed E-state index contributed by atoms with van der Waals surface area (Å²) in [6.07, 6.45) is 1.95. The zero-order valence-corrected chi connectivity index (χ0v) is 21.9. The molecule has 0 aliphatic carbocycles. The minimum Gasteiger partial charge on any atom is -0.439 e. The number of carbonyl (C=O) groups is 1. The van der Waals surface area contributed by atoms with E-state index in [1.54, 1.807) is 0 Å². The number of rotatable bonds is 7. The summed E-state index contributed by atoms with van der Waals surface area (Å²) in [4.78, 5) is 16.3. The number of aromatic amines is 1. The molecule has 2 N–H and O–H groups in total. The molecule has 0 saturated carbocycles. The number of nitrogens with one attached hydrogen (secondary N) is 2. The van der Waals surface area contributed by atoms with Crippen molar-refractivity contribution in [2.75, 3.05) is 6.54 Å². The Morgan fingerprint density at radius 1 is 0.972 bits per heavy atom. The lowest BCUT2D eigenvalue weighted by Crippen LogP contribution is -2.28. The minimum absolute atomic E-state index is 0.0304. The first-order chi connectivity index (χ1) is 17.3. The van der Waals surface area contributed by atoms with Crippen molar-refractivity contribution in [3.05, 3.63) is 118 Å². The Morgan fingerprint density at radius 3 is 2.44 bits per heavy atom. The van der Waals surface area contributed by atoms with Gasteiger partial charge in [-0.3, -0.25) is 4.79 Å². The van der Waals surface area contributed by atoms with Gasteiger partial charge < -0.3 is 14.7 Å². The van der Waals surface area contributed by atoms with Gasteiger partial charge in [-0.2, -0.15) is 0 Å². The lowest BCUT2D eigenvalue weighted by Gasteiger charge is -2.18. The molecule has 1 amide bonds. The number of aromatic nitrogens is 1. The van der Waals surface area contributed by atoms with Crippen LogP contribution >= 0.6 is 27.5 Å². The SMILES string of the molecule is O=C(NCC(c1ccc(Br)cc1)c1c[nH]c2ccccc12)c1ccc(S(=O)(=O)c2ccc(Cl)cc2)o1. The van der Waals surface area contributed by atoms with Crippen molar-refractivity contribution >= 4 is 54.2 Å². The van der Waals surface area contributed by atoms with Gasteiger partial charge in [0.2, 0.25) is 14.9 Å². The van der Waals surface area contributed by atoms with E-state index in [1.165, 1.54) is 36.4 Å². The van der Waals surface area contributed by atoms with E-state index in [2.05, 4.69) is 26.2 Å². The Labute approximate surface area is 221 Å². The number of halogens is 2. The summed E-state index contributed by atoms with van der Waals surface area (Å²) in [5, 5.41) is 4.08. The summed E-state index contributed by atoms with van der Waals surface area (Å²) < 4.78 is 32.1. The van der Waals surface area contributed by atoms with Gasteiger partial charge in [-0.15, -0.1) is 0 Å². The Hall–Kier alpha value is -3.33. The van der Waals surface area contributed by atoms with Gasteiger partial charge in [0.1, 0.15) is 0 Å². The molecule has 5 aromatic rings. The third kappa shape index (κ3) is 4.84. The molecule has 6 nitrogen and oxygen atoms in total. The minimum atomic E-state index is -3.92. The normalized spacial score (nSPS) is 12.5. The van der Waals surface area contributed by atoms with Crippen molar-refractivity contribution in [3.8, 4) is 0 Å². The fourth-order valence-corrected chi connectivity index (χ4v) is 5.65. The van der Waals surface area contributed by atoms with Crippen molar-refractivity contribution in [2.45, 2.75) is 15.9 Å². The van der Waals surface area contributed by atoms with Gasteiger partial charge in [0.25, 0.3) is 5.91 Å². The number of fused-ring (bicyclic) bond motifs is 1. The summed E-state index contributed by atoms with van der Waals surface area (Å²) in [5.74, 6) is -0.740. The van der Waals surface area contributed by atoms with Crippen LogP contribution in [0.5, 0.6) is 0 Å². The van der Waals surface area contributed by atoms with Crippen molar-refractivity contribution in [3.63, 3.8) is 0 Å². The van der Waals surface area contributed by atoms with Crippen LogP contribution < -0.4 is 5.32 Å². The summed E-state index contributed by atoms with van der Waals surface area (Å²) in [5.41, 5.74) is 3.07. The Bertz CT molecular complexity index is 1640. The molecule has 1 atom stereocenters. The van der Waals surface area contributed by atoms with Gasteiger partial charge in [-0.25, -0.2) is 8.42 Å². The lowest BCUT2D eigenvalue weighted by atomic mass is 9.91. The molecule has 0 bridgehead atoms. The fraction of sp³-hybridized carbons (Fsp3) is 0.0741. The molecule has 3 aromatic carbocycles. The average Bonchev–Trinajstić information content (AvgIpc) is 3.54. The van der Waals surface area contributed by atoms with Gasteiger partial charge in [0.05, 0.1) is 4.90 Å². The number of H-pyrrole nitrogens is 1. The van der Waals surface area contributed by atoms with E-state index in [1.807, 2.05) is 54.7 Å². The standard InChI is InChI=1S/C27H20BrClN2O4S/c28-18-7-5-17(6-8-18)22(23-16-30-24-4-2-1-3-21(23)24)15-31-27(32)25-13-14-26(35-25)36(33,34)20-11-9-19(29)10-12-20/h1-14,16,22,30H,15H2,(H,31,32). The highest BCUT2D eigenvalue weighted by atomic mass is 79.9. The van der Waals surface area contributed by atoms with E-state index in [0.717, 1.165) is 26.5 Å². The highest BCUT2D eigenvalue weighted by Crippen LogP contribution is 2.31. The highest BCUT2D eigenvalue weighted by molar-refractivity contribution is 9.10. The Morgan fingerprint density at radius 2 is 1.69 bits per heavy atom. The number of carbonyl (C=O) groups excluding carboxylic acids is 1. The van der Waals surface area contributed by atoms with Crippen LogP contribution in [0, 0.1) is 0 Å². The van der Waals surface area contributed by atoms with Crippen LogP contribution in [0.2, 0.25) is 5.02 Å². The van der Waals surface area contributed by atoms with Crippen molar-refractivity contribution < 1.29 is 17.6 Å². The summed E-state index contributed by atoms with van der Waals surface area (Å²) in [6, 6.07) is 24.3. The van der Waals surface area contributed by atoms with Crippen LogP contribution in [0.3, 0.4) is 0 Å². The molecule has 9 heteroatoms. The quantitative estimate of drug-likeness (QED) is 0.227. The first-order valence-corrected chi connectivity index (χ1v) is 13.7. The number of hydrogen-bond acceptors (Lipinski definition) is 4. The maximum Gasteiger partial charge on any atom is 0.287 e. The van der Waals surface area contributed by atoms with E-state index >= 15 is 0 Å². The molecule has 0 spiro atoms. The van der Waals surface area contributed by atoms with Crippen LogP contribution in [0.1, 0.15) is 27.6 Å². The van der Waals surface area contributed by atoms with Crippen LogP contribution in [-0.4, -0.2) is 25.9 Å². The topological polar surface area (TPSA) is 92.2 Å². The number of benzene rings is 3. The molecule has 0 aliphatic rings. The van der Waals surface area contributed by atoms with E-state index in [-0.39, 0.29) is 28.2 Å². The second-order valence-electron chi connectivity index (χ2n) is 8.18. The van der Waals surface area contributed by atoms with Crippen molar-refractivity contribution in [2.24, 2.45) is 0 Å². The zero-order valence-electron chi connectivity index (χ0n) is 18.7. The molecular formula is C27H20BrClN2O4S. The number of hydrogen-bond donors (Lipinski definition) is 2. The number of sulfone groups is 1. The fourth-order valence-electron chi connectivity index (χ4n) is 4.08. The Balaban J connectivity index is 1.39. The molecule has 0 aliphatic heterocycles. The second kappa shape index (κ2) is 9.97. The number of para-hydroxylation sites is 1. The summed E-state index contributed by atoms with van der Waals surface area (Å²) in [6.45, 7) is 0.280. The lowest BCUT2D eigenvalue weighted by molar-refractivity contribution is 0.0919. The van der Waals surface area contributed by atoms with E-state index in [9.17, 15) is 13.2 Å². The van der Waals surface area contributed by atoms with E-state index in [0.29, 0.717) is 5.02 Å². The monoisotopic (exact) mass is 582 g/mol. The molecule has 2 aromatic heterocycles. The van der Waals surface area contributed by atoms with Crippen molar-refractivity contribution in [1.29, 1.82) is 0 Å².